The molecule has 2 N–H and O–H groups in total. The van der Waals surface area contributed by atoms with E-state index in [1.165, 1.54) is 10.6 Å². The first kappa shape index (κ1) is 17.5. The van der Waals surface area contributed by atoms with Gasteiger partial charge in [0.1, 0.15) is 5.60 Å². The summed E-state index contributed by atoms with van der Waals surface area (Å²) >= 11 is 0. The fourth-order valence-corrected chi connectivity index (χ4v) is 2.02. The first-order valence-electron chi connectivity index (χ1n) is 7.17. The molecule has 0 radical (unpaired) electrons. The fraction of sp³-hybridized carbons (Fsp3) is 0.533. The van der Waals surface area contributed by atoms with E-state index in [0.29, 0.717) is 6.42 Å². The number of carbonyl (C=O) groups is 1. The zero-order valence-corrected chi connectivity index (χ0v) is 13.0. The van der Waals surface area contributed by atoms with Crippen LogP contribution in [0.25, 0.3) is 0 Å². The number of aromatic nitrogens is 1. The second-order valence-corrected chi connectivity index (χ2v) is 5.97. The summed E-state index contributed by atoms with van der Waals surface area (Å²) in [7, 11) is -1.71. The van der Waals surface area contributed by atoms with Crippen LogP contribution in [-0.2, 0) is 11.2 Å². The smallest absolute Gasteiger partial charge is 0.443 e. The van der Waals surface area contributed by atoms with Crippen molar-refractivity contribution in [3.8, 4) is 0 Å². The Labute approximate surface area is 126 Å². The van der Waals surface area contributed by atoms with E-state index in [4.69, 9.17) is 4.74 Å². The minimum Gasteiger partial charge on any atom is -0.443 e. The number of hydrogen-bond acceptors (Lipinski definition) is 4. The van der Waals surface area contributed by atoms with Crippen LogP contribution in [0.1, 0.15) is 45.7 Å². The van der Waals surface area contributed by atoms with Crippen LogP contribution in [0.4, 0.5) is 4.79 Å². The third-order valence-electron chi connectivity index (χ3n) is 2.92. The molecule has 0 saturated heterocycles. The van der Waals surface area contributed by atoms with Crippen molar-refractivity contribution in [3.63, 3.8) is 0 Å². The zero-order chi connectivity index (χ0) is 16.0. The Morgan fingerprint density at radius 1 is 1.38 bits per heavy atom. The van der Waals surface area contributed by atoms with Crippen LogP contribution in [0.15, 0.2) is 24.8 Å². The van der Waals surface area contributed by atoms with Crippen molar-refractivity contribution in [3.05, 3.63) is 30.5 Å². The van der Waals surface area contributed by atoms with Crippen LogP contribution in [0.3, 0.4) is 0 Å². The van der Waals surface area contributed by atoms with Gasteiger partial charge in [0.15, 0.2) is 0 Å². The van der Waals surface area contributed by atoms with Gasteiger partial charge in [0, 0.05) is 5.69 Å². The van der Waals surface area contributed by atoms with Crippen LogP contribution in [0.5, 0.6) is 0 Å². The molecule has 21 heavy (non-hydrogen) atoms. The molecule has 5 nitrogen and oxygen atoms in total. The average Bonchev–Trinajstić information content (AvgIpc) is 2.76. The highest BCUT2D eigenvalue weighted by Crippen LogP contribution is 2.13. The molecule has 0 fully saturated rings. The molecule has 0 spiro atoms. The van der Waals surface area contributed by atoms with Crippen molar-refractivity contribution in [1.29, 1.82) is 0 Å². The highest BCUT2D eigenvalue weighted by atomic mass is 16.6. The number of aryl methyl sites for hydroxylation is 1. The summed E-state index contributed by atoms with van der Waals surface area (Å²) in [4.78, 5) is 12.3. The van der Waals surface area contributed by atoms with E-state index in [9.17, 15) is 14.8 Å². The Morgan fingerprint density at radius 3 is 2.57 bits per heavy atom. The maximum atomic E-state index is 12.3. The first-order chi connectivity index (χ1) is 9.76. The Hall–Kier alpha value is -1.53. The summed E-state index contributed by atoms with van der Waals surface area (Å²) in [5.74, 6) is 0. The van der Waals surface area contributed by atoms with Crippen molar-refractivity contribution in [1.82, 2.24) is 4.57 Å². The van der Waals surface area contributed by atoms with E-state index >= 15 is 0 Å². The quantitative estimate of drug-likeness (QED) is 0.477. The first-order valence-corrected chi connectivity index (χ1v) is 7.17. The molecule has 0 aliphatic heterocycles. The Kier molecular flexibility index (Phi) is 6.24. The molecule has 6 heteroatoms. The van der Waals surface area contributed by atoms with E-state index in [2.05, 4.69) is 6.58 Å². The number of unbranched alkanes of at least 4 members (excludes halogenated alkanes) is 2. The molecule has 1 aromatic rings. The van der Waals surface area contributed by atoms with Gasteiger partial charge < -0.3 is 14.8 Å². The molecule has 0 amide bonds. The molecule has 0 aliphatic carbocycles. The number of ether oxygens (including phenoxy) is 1. The van der Waals surface area contributed by atoms with Gasteiger partial charge in [-0.3, -0.25) is 4.57 Å². The van der Waals surface area contributed by atoms with Gasteiger partial charge in [-0.25, -0.2) is 4.79 Å². The monoisotopic (exact) mass is 293 g/mol. The largest absolute Gasteiger partial charge is 0.506 e. The van der Waals surface area contributed by atoms with Gasteiger partial charge in [0.2, 0.25) is 0 Å². The van der Waals surface area contributed by atoms with Gasteiger partial charge in [0.25, 0.3) is 0 Å². The van der Waals surface area contributed by atoms with E-state index in [1.54, 1.807) is 26.8 Å². The number of hydrogen-bond donors (Lipinski definition) is 2. The number of allylic oxidation sites excluding steroid dienone is 1. The minimum absolute atomic E-state index is 0.128. The van der Waals surface area contributed by atoms with E-state index in [1.807, 2.05) is 6.08 Å². The third kappa shape index (κ3) is 5.40. The summed E-state index contributed by atoms with van der Waals surface area (Å²) in [6, 6.07) is 3.27. The Bertz CT molecular complexity index is 488. The normalized spacial score (nSPS) is 11.3. The molecule has 0 aliphatic rings. The summed E-state index contributed by atoms with van der Waals surface area (Å²) in [6.45, 7) is 8.99. The molecular formula is C15H24BNO4. The highest BCUT2D eigenvalue weighted by molar-refractivity contribution is 6.58. The van der Waals surface area contributed by atoms with E-state index < -0.39 is 18.8 Å². The van der Waals surface area contributed by atoms with Gasteiger partial charge in [-0.2, -0.15) is 0 Å². The lowest BCUT2D eigenvalue weighted by Gasteiger charge is -2.21. The topological polar surface area (TPSA) is 71.7 Å². The van der Waals surface area contributed by atoms with Crippen LogP contribution >= 0.6 is 0 Å². The van der Waals surface area contributed by atoms with E-state index in [-0.39, 0.29) is 5.59 Å². The molecular weight excluding hydrogens is 269 g/mol. The molecule has 0 unspecified atom stereocenters. The zero-order valence-electron chi connectivity index (χ0n) is 13.0. The molecule has 1 heterocycles. The SMILES string of the molecule is C=CCCCCc1ccc(B(O)O)n1C(=O)OC(C)(C)C. The lowest BCUT2D eigenvalue weighted by atomic mass is 9.86. The lowest BCUT2D eigenvalue weighted by molar-refractivity contribution is 0.0536. The van der Waals surface area contributed by atoms with Gasteiger partial charge in [0.05, 0.1) is 5.59 Å². The minimum atomic E-state index is -1.71. The Balaban J connectivity index is 2.93. The molecule has 0 aromatic carbocycles. The van der Waals surface area contributed by atoms with Crippen LogP contribution in [-0.4, -0.2) is 33.4 Å². The van der Waals surface area contributed by atoms with Crippen molar-refractivity contribution in [2.45, 2.75) is 52.1 Å². The predicted molar refractivity (Wildman–Crippen MR) is 83.6 cm³/mol. The van der Waals surface area contributed by atoms with Crippen molar-refractivity contribution >= 4 is 18.8 Å². The number of carbonyl (C=O) groups excluding carboxylic acids is 1. The number of nitrogens with zero attached hydrogens (tertiary/aromatic N) is 1. The predicted octanol–water partition coefficient (Wildman–Crippen LogP) is 1.85. The second kappa shape index (κ2) is 7.47. The third-order valence-corrected chi connectivity index (χ3v) is 2.92. The van der Waals surface area contributed by atoms with E-state index in [0.717, 1.165) is 25.0 Å². The maximum Gasteiger partial charge on any atom is 0.506 e. The molecule has 1 aromatic heterocycles. The van der Waals surface area contributed by atoms with Gasteiger partial charge in [-0.15, -0.1) is 6.58 Å². The average molecular weight is 293 g/mol. The van der Waals surface area contributed by atoms with Crippen LogP contribution < -0.4 is 5.59 Å². The second-order valence-electron chi connectivity index (χ2n) is 5.97. The van der Waals surface area contributed by atoms with Crippen molar-refractivity contribution in [2.24, 2.45) is 0 Å². The van der Waals surface area contributed by atoms with Crippen molar-refractivity contribution < 1.29 is 19.6 Å². The summed E-state index contributed by atoms with van der Waals surface area (Å²) in [5, 5.41) is 18.8. The van der Waals surface area contributed by atoms with Crippen molar-refractivity contribution in [2.75, 3.05) is 0 Å². The highest BCUT2D eigenvalue weighted by Gasteiger charge is 2.26. The lowest BCUT2D eigenvalue weighted by Crippen LogP contribution is -2.41. The van der Waals surface area contributed by atoms with Gasteiger partial charge in [-0.1, -0.05) is 6.08 Å². The fourth-order valence-electron chi connectivity index (χ4n) is 2.02. The van der Waals surface area contributed by atoms with Gasteiger partial charge >= 0.3 is 13.2 Å². The van der Waals surface area contributed by atoms with Gasteiger partial charge in [-0.05, 0) is 58.6 Å². The summed E-state index contributed by atoms with van der Waals surface area (Å²) in [5.41, 5.74) is 0.207. The molecule has 0 saturated carbocycles. The summed E-state index contributed by atoms with van der Waals surface area (Å²) in [6.07, 6.45) is 4.72. The van der Waals surface area contributed by atoms with Crippen LogP contribution in [0.2, 0.25) is 0 Å². The van der Waals surface area contributed by atoms with Crippen LogP contribution in [0, 0.1) is 0 Å². The summed E-state index contributed by atoms with van der Waals surface area (Å²) < 4.78 is 6.58. The molecule has 0 bridgehead atoms. The number of rotatable bonds is 6. The molecule has 1 rings (SSSR count). The molecule has 116 valence electrons. The molecule has 0 atom stereocenters. The maximum absolute atomic E-state index is 12.3. The Morgan fingerprint density at radius 2 is 2.05 bits per heavy atom. The standard InChI is InChI=1S/C15H24BNO4/c1-5-6-7-8-9-12-10-11-13(16(19)20)17(12)14(18)21-15(2,3)4/h5,10-11,19-20H,1,6-9H2,2-4H3.